The highest BCUT2D eigenvalue weighted by Gasteiger charge is 2.27. The number of carboxylic acids is 1. The topological polar surface area (TPSA) is 75.6 Å². The third kappa shape index (κ3) is 4.59. The fourth-order valence-electron chi connectivity index (χ4n) is 2.33. The highest BCUT2D eigenvalue weighted by Crippen LogP contribution is 2.28. The van der Waals surface area contributed by atoms with Gasteiger partial charge in [-0.2, -0.15) is 0 Å². The minimum atomic E-state index is -1.20. The fourth-order valence-corrected chi connectivity index (χ4v) is 2.33. The normalized spacial score (nSPS) is 12.3. The number of carboxylic acid groups (broad SMARTS) is 1. The van der Waals surface area contributed by atoms with Crippen molar-refractivity contribution in [2.45, 2.75) is 32.4 Å². The molecule has 0 spiro atoms. The van der Waals surface area contributed by atoms with E-state index in [1.807, 2.05) is 42.5 Å². The lowest BCUT2D eigenvalue weighted by Crippen LogP contribution is -2.38. The summed E-state index contributed by atoms with van der Waals surface area (Å²) in [6.45, 7) is 5.17. The smallest absolute Gasteiger partial charge is 0.408 e. The molecule has 0 aliphatic carbocycles. The fraction of sp³-hybridized carbons (Fsp3) is 0.263. The van der Waals surface area contributed by atoms with Crippen LogP contribution in [0.2, 0.25) is 0 Å². The van der Waals surface area contributed by atoms with Crippen molar-refractivity contribution in [3.63, 3.8) is 0 Å². The lowest BCUT2D eigenvalue weighted by atomic mass is 9.95. The van der Waals surface area contributed by atoms with E-state index in [1.165, 1.54) is 0 Å². The minimum absolute atomic E-state index is 0.502. The minimum Gasteiger partial charge on any atom is -0.479 e. The van der Waals surface area contributed by atoms with Crippen LogP contribution in [0.15, 0.2) is 54.6 Å². The summed E-state index contributed by atoms with van der Waals surface area (Å²) < 4.78 is 5.17. The number of amides is 1. The summed E-state index contributed by atoms with van der Waals surface area (Å²) in [6.07, 6.45) is -0.766. The number of ether oxygens (including phenoxy) is 1. The molecule has 0 saturated heterocycles. The van der Waals surface area contributed by atoms with Crippen LogP contribution in [-0.4, -0.2) is 22.8 Å². The molecule has 1 amide bonds. The van der Waals surface area contributed by atoms with E-state index in [9.17, 15) is 14.7 Å². The number of rotatable bonds is 4. The van der Waals surface area contributed by atoms with Gasteiger partial charge < -0.3 is 15.2 Å². The second-order valence-electron chi connectivity index (χ2n) is 6.37. The molecule has 2 aromatic carbocycles. The van der Waals surface area contributed by atoms with E-state index in [0.717, 1.165) is 11.1 Å². The number of benzene rings is 2. The molecule has 0 heterocycles. The predicted octanol–water partition coefficient (Wildman–Crippen LogP) is 4.00. The lowest BCUT2D eigenvalue weighted by molar-refractivity contribution is -0.139. The van der Waals surface area contributed by atoms with Gasteiger partial charge in [-0.3, -0.25) is 0 Å². The van der Waals surface area contributed by atoms with Crippen molar-refractivity contribution in [1.82, 2.24) is 5.32 Å². The molecule has 1 atom stereocenters. The summed E-state index contributed by atoms with van der Waals surface area (Å²) in [6, 6.07) is 15.3. The summed E-state index contributed by atoms with van der Waals surface area (Å²) >= 11 is 0. The average Bonchev–Trinajstić information content (AvgIpc) is 2.51. The Morgan fingerprint density at radius 1 is 1.00 bits per heavy atom. The largest absolute Gasteiger partial charge is 0.479 e. The van der Waals surface area contributed by atoms with E-state index in [1.54, 1.807) is 32.9 Å². The van der Waals surface area contributed by atoms with Crippen molar-refractivity contribution in [3.05, 3.63) is 60.2 Å². The van der Waals surface area contributed by atoms with Crippen molar-refractivity contribution < 1.29 is 19.4 Å². The van der Waals surface area contributed by atoms with Crippen molar-refractivity contribution >= 4 is 12.1 Å². The molecule has 2 rings (SSSR count). The molecule has 5 nitrogen and oxygen atoms in total. The standard InChI is InChI=1S/C19H21NO4/c1-19(2,3)24-18(23)20-16(17(21)22)15-12-8-7-11-14(15)13-9-5-4-6-10-13/h4-12,16H,1-3H3,(H,20,23)(H,21,22). The van der Waals surface area contributed by atoms with Gasteiger partial charge in [-0.25, -0.2) is 9.59 Å². The Hall–Kier alpha value is -2.82. The Kier molecular flexibility index (Phi) is 5.24. The quantitative estimate of drug-likeness (QED) is 0.890. The average molecular weight is 327 g/mol. The van der Waals surface area contributed by atoms with E-state index in [2.05, 4.69) is 5.32 Å². The van der Waals surface area contributed by atoms with Gasteiger partial charge in [0.05, 0.1) is 0 Å². The maximum Gasteiger partial charge on any atom is 0.408 e. The Morgan fingerprint density at radius 2 is 1.58 bits per heavy atom. The van der Waals surface area contributed by atoms with Gasteiger partial charge in [0, 0.05) is 0 Å². The van der Waals surface area contributed by atoms with Crippen LogP contribution in [0.5, 0.6) is 0 Å². The van der Waals surface area contributed by atoms with Crippen molar-refractivity contribution in [3.8, 4) is 11.1 Å². The zero-order valence-electron chi connectivity index (χ0n) is 13.9. The SMILES string of the molecule is CC(C)(C)OC(=O)NC(C(=O)O)c1ccccc1-c1ccccc1. The van der Waals surface area contributed by atoms with Gasteiger partial charge in [0.2, 0.25) is 0 Å². The molecule has 0 aromatic heterocycles. The monoisotopic (exact) mass is 327 g/mol. The number of alkyl carbamates (subject to hydrolysis) is 1. The number of aliphatic carboxylic acids is 1. The van der Waals surface area contributed by atoms with E-state index >= 15 is 0 Å². The summed E-state index contributed by atoms with van der Waals surface area (Å²) in [7, 11) is 0. The van der Waals surface area contributed by atoms with Crippen LogP contribution in [0.25, 0.3) is 11.1 Å². The zero-order chi connectivity index (χ0) is 17.7. The van der Waals surface area contributed by atoms with Gasteiger partial charge in [-0.15, -0.1) is 0 Å². The third-order valence-electron chi connectivity index (χ3n) is 3.26. The van der Waals surface area contributed by atoms with E-state index in [4.69, 9.17) is 4.74 Å². The number of nitrogens with one attached hydrogen (secondary N) is 1. The summed E-state index contributed by atoms with van der Waals surface area (Å²) in [4.78, 5) is 23.7. The molecule has 0 bridgehead atoms. The molecule has 0 radical (unpaired) electrons. The number of carbonyl (C=O) groups excluding carboxylic acids is 1. The van der Waals surface area contributed by atoms with Crippen LogP contribution in [-0.2, 0) is 9.53 Å². The van der Waals surface area contributed by atoms with Gasteiger partial charge in [-0.1, -0.05) is 54.6 Å². The van der Waals surface area contributed by atoms with E-state index < -0.39 is 23.7 Å². The number of carbonyl (C=O) groups is 2. The highest BCUT2D eigenvalue weighted by atomic mass is 16.6. The predicted molar refractivity (Wildman–Crippen MR) is 91.6 cm³/mol. The Bertz CT molecular complexity index is 720. The molecule has 1 unspecified atom stereocenters. The number of hydrogen-bond acceptors (Lipinski definition) is 3. The van der Waals surface area contributed by atoms with E-state index in [-0.39, 0.29) is 0 Å². The van der Waals surface area contributed by atoms with Crippen molar-refractivity contribution in [2.24, 2.45) is 0 Å². The summed E-state index contributed by atoms with van der Waals surface area (Å²) in [5, 5.41) is 12.0. The van der Waals surface area contributed by atoms with Crippen LogP contribution in [0, 0.1) is 0 Å². The molecule has 126 valence electrons. The van der Waals surface area contributed by atoms with Gasteiger partial charge >= 0.3 is 12.1 Å². The van der Waals surface area contributed by atoms with Crippen LogP contribution >= 0.6 is 0 Å². The molecule has 24 heavy (non-hydrogen) atoms. The summed E-state index contributed by atoms with van der Waals surface area (Å²) in [5.41, 5.74) is 1.43. The molecule has 0 aliphatic rings. The molecule has 2 N–H and O–H groups in total. The van der Waals surface area contributed by atoms with Gasteiger partial charge in [0.15, 0.2) is 6.04 Å². The zero-order valence-corrected chi connectivity index (χ0v) is 13.9. The second-order valence-corrected chi connectivity index (χ2v) is 6.37. The van der Waals surface area contributed by atoms with Crippen molar-refractivity contribution in [2.75, 3.05) is 0 Å². The van der Waals surface area contributed by atoms with Gasteiger partial charge in [0.25, 0.3) is 0 Å². The molecule has 0 aliphatic heterocycles. The second kappa shape index (κ2) is 7.17. The lowest BCUT2D eigenvalue weighted by Gasteiger charge is -2.23. The van der Waals surface area contributed by atoms with Crippen LogP contribution < -0.4 is 5.32 Å². The first-order valence-electron chi connectivity index (χ1n) is 7.64. The third-order valence-corrected chi connectivity index (χ3v) is 3.26. The van der Waals surface area contributed by atoms with Crippen molar-refractivity contribution in [1.29, 1.82) is 0 Å². The van der Waals surface area contributed by atoms with Gasteiger partial charge in [-0.05, 0) is 37.5 Å². The first kappa shape index (κ1) is 17.5. The molecule has 5 heteroatoms. The van der Waals surface area contributed by atoms with Gasteiger partial charge in [0.1, 0.15) is 5.60 Å². The first-order valence-corrected chi connectivity index (χ1v) is 7.64. The Balaban J connectivity index is 2.36. The number of hydrogen-bond donors (Lipinski definition) is 2. The van der Waals surface area contributed by atoms with Crippen LogP contribution in [0.1, 0.15) is 32.4 Å². The molecular formula is C19H21NO4. The van der Waals surface area contributed by atoms with E-state index in [0.29, 0.717) is 5.56 Å². The molecule has 0 fully saturated rings. The highest BCUT2D eigenvalue weighted by molar-refractivity contribution is 5.84. The maximum absolute atomic E-state index is 12.0. The van der Waals surface area contributed by atoms with Crippen LogP contribution in [0.3, 0.4) is 0 Å². The molecule has 2 aromatic rings. The first-order chi connectivity index (χ1) is 11.3. The maximum atomic E-state index is 12.0. The Morgan fingerprint density at radius 3 is 2.17 bits per heavy atom. The van der Waals surface area contributed by atoms with Crippen LogP contribution in [0.4, 0.5) is 4.79 Å². The Labute approximate surface area is 141 Å². The summed E-state index contributed by atoms with van der Waals surface area (Å²) in [5.74, 6) is -1.15. The molecular weight excluding hydrogens is 306 g/mol. The molecule has 0 saturated carbocycles.